The SMILES string of the molecule is CC[C@H](C)[C@H](NC(=O)NCc1cscc1C)C(=O)O. The molecule has 0 aliphatic heterocycles. The second kappa shape index (κ2) is 7.13. The van der Waals surface area contributed by atoms with E-state index in [2.05, 4.69) is 10.6 Å². The topological polar surface area (TPSA) is 78.4 Å². The van der Waals surface area contributed by atoms with E-state index in [1.165, 1.54) is 0 Å². The van der Waals surface area contributed by atoms with E-state index in [9.17, 15) is 9.59 Å². The highest BCUT2D eigenvalue weighted by Gasteiger charge is 2.25. The molecule has 0 aliphatic rings. The first-order valence-corrected chi connectivity index (χ1v) is 7.18. The van der Waals surface area contributed by atoms with Crippen molar-refractivity contribution in [2.75, 3.05) is 0 Å². The standard InChI is InChI=1S/C13H20N2O3S/c1-4-8(2)11(12(16)17)15-13(18)14-5-10-7-19-6-9(10)3/h6-8,11H,4-5H2,1-3H3,(H,16,17)(H2,14,15,18)/t8-,11-/m0/s1. The summed E-state index contributed by atoms with van der Waals surface area (Å²) in [6.45, 7) is 6.09. The van der Waals surface area contributed by atoms with E-state index in [4.69, 9.17) is 5.11 Å². The first kappa shape index (κ1) is 15.5. The van der Waals surface area contributed by atoms with Crippen molar-refractivity contribution in [1.29, 1.82) is 0 Å². The number of carboxylic acids is 1. The molecule has 0 spiro atoms. The molecule has 1 heterocycles. The summed E-state index contributed by atoms with van der Waals surface area (Å²) >= 11 is 1.58. The predicted molar refractivity (Wildman–Crippen MR) is 75.3 cm³/mol. The normalized spacial score (nSPS) is 13.6. The van der Waals surface area contributed by atoms with Crippen molar-refractivity contribution < 1.29 is 14.7 Å². The molecule has 1 aromatic heterocycles. The second-order valence-electron chi connectivity index (χ2n) is 4.61. The Bertz CT molecular complexity index is 445. The van der Waals surface area contributed by atoms with Crippen LogP contribution >= 0.6 is 11.3 Å². The van der Waals surface area contributed by atoms with Gasteiger partial charge in [0.1, 0.15) is 6.04 Å². The molecule has 5 nitrogen and oxygen atoms in total. The number of hydrogen-bond donors (Lipinski definition) is 3. The third kappa shape index (κ3) is 4.55. The number of hydrogen-bond acceptors (Lipinski definition) is 3. The molecule has 106 valence electrons. The Labute approximate surface area is 117 Å². The lowest BCUT2D eigenvalue weighted by atomic mass is 9.99. The maximum Gasteiger partial charge on any atom is 0.326 e. The van der Waals surface area contributed by atoms with Crippen molar-refractivity contribution in [3.63, 3.8) is 0 Å². The van der Waals surface area contributed by atoms with Crippen molar-refractivity contribution in [2.24, 2.45) is 5.92 Å². The fourth-order valence-corrected chi connectivity index (χ4v) is 2.48. The van der Waals surface area contributed by atoms with Crippen LogP contribution in [0.5, 0.6) is 0 Å². The maximum absolute atomic E-state index is 11.7. The van der Waals surface area contributed by atoms with Crippen molar-refractivity contribution in [1.82, 2.24) is 10.6 Å². The Balaban J connectivity index is 2.49. The van der Waals surface area contributed by atoms with Gasteiger partial charge in [0.2, 0.25) is 0 Å². The fraction of sp³-hybridized carbons (Fsp3) is 0.538. The Morgan fingerprint density at radius 1 is 1.42 bits per heavy atom. The van der Waals surface area contributed by atoms with Crippen LogP contribution in [0.2, 0.25) is 0 Å². The molecular formula is C13H20N2O3S. The predicted octanol–water partition coefficient (Wildman–Crippen LogP) is 2.36. The largest absolute Gasteiger partial charge is 0.480 e. The molecule has 0 unspecified atom stereocenters. The molecule has 1 rings (SSSR count). The van der Waals surface area contributed by atoms with Gasteiger partial charge in [-0.2, -0.15) is 11.3 Å². The van der Waals surface area contributed by atoms with Crippen molar-refractivity contribution in [3.05, 3.63) is 21.9 Å². The van der Waals surface area contributed by atoms with Gasteiger partial charge < -0.3 is 15.7 Å². The lowest BCUT2D eigenvalue weighted by molar-refractivity contribution is -0.140. The van der Waals surface area contributed by atoms with Gasteiger partial charge in [0.15, 0.2) is 0 Å². The fourth-order valence-electron chi connectivity index (χ4n) is 1.62. The maximum atomic E-state index is 11.7. The minimum Gasteiger partial charge on any atom is -0.480 e. The van der Waals surface area contributed by atoms with Crippen molar-refractivity contribution >= 4 is 23.3 Å². The number of aryl methyl sites for hydroxylation is 1. The Hall–Kier alpha value is -1.56. The number of rotatable bonds is 6. The third-order valence-electron chi connectivity index (χ3n) is 3.17. The summed E-state index contributed by atoms with van der Waals surface area (Å²) in [6, 6.07) is -1.30. The minimum atomic E-state index is -1.00. The summed E-state index contributed by atoms with van der Waals surface area (Å²) in [6.07, 6.45) is 0.695. The van der Waals surface area contributed by atoms with Crippen LogP contribution in [-0.2, 0) is 11.3 Å². The molecule has 6 heteroatoms. The molecule has 0 aromatic carbocycles. The average molecular weight is 284 g/mol. The van der Waals surface area contributed by atoms with Gasteiger partial charge in [-0.25, -0.2) is 9.59 Å². The molecule has 2 atom stereocenters. The van der Waals surface area contributed by atoms with E-state index in [1.54, 1.807) is 11.3 Å². The molecule has 3 N–H and O–H groups in total. The molecule has 1 aromatic rings. The summed E-state index contributed by atoms with van der Waals surface area (Å²) in [5.41, 5.74) is 2.18. The van der Waals surface area contributed by atoms with Crippen molar-refractivity contribution in [3.8, 4) is 0 Å². The molecule has 0 saturated carbocycles. The third-order valence-corrected chi connectivity index (χ3v) is 4.08. The zero-order valence-corrected chi connectivity index (χ0v) is 12.2. The van der Waals surface area contributed by atoms with Crippen LogP contribution in [-0.4, -0.2) is 23.1 Å². The lowest BCUT2D eigenvalue weighted by Crippen LogP contribution is -2.48. The zero-order chi connectivity index (χ0) is 14.4. The highest BCUT2D eigenvalue weighted by atomic mass is 32.1. The highest BCUT2D eigenvalue weighted by Crippen LogP contribution is 2.13. The van der Waals surface area contributed by atoms with Gasteiger partial charge in [-0.15, -0.1) is 0 Å². The van der Waals surface area contributed by atoms with E-state index in [1.807, 2.05) is 31.5 Å². The van der Waals surface area contributed by atoms with E-state index in [0.29, 0.717) is 13.0 Å². The van der Waals surface area contributed by atoms with Gasteiger partial charge in [-0.05, 0) is 34.7 Å². The molecule has 0 aliphatic carbocycles. The summed E-state index contributed by atoms with van der Waals surface area (Å²) in [5.74, 6) is -1.11. The van der Waals surface area contributed by atoms with Crippen LogP contribution in [0.4, 0.5) is 4.79 Å². The Morgan fingerprint density at radius 3 is 2.58 bits per heavy atom. The van der Waals surface area contributed by atoms with E-state index >= 15 is 0 Å². The van der Waals surface area contributed by atoms with E-state index in [-0.39, 0.29) is 5.92 Å². The number of nitrogens with one attached hydrogen (secondary N) is 2. The smallest absolute Gasteiger partial charge is 0.326 e. The van der Waals surface area contributed by atoms with Gasteiger partial charge in [0.05, 0.1) is 0 Å². The number of amides is 2. The second-order valence-corrected chi connectivity index (χ2v) is 5.35. The molecule has 0 saturated heterocycles. The monoisotopic (exact) mass is 284 g/mol. The van der Waals surface area contributed by atoms with Crippen LogP contribution in [0.25, 0.3) is 0 Å². The number of urea groups is 1. The van der Waals surface area contributed by atoms with Gasteiger partial charge in [0.25, 0.3) is 0 Å². The van der Waals surface area contributed by atoms with Crippen LogP contribution in [0, 0.1) is 12.8 Å². The van der Waals surface area contributed by atoms with Crippen LogP contribution in [0.1, 0.15) is 31.4 Å². The quantitative estimate of drug-likeness (QED) is 0.750. The number of carboxylic acid groups (broad SMARTS) is 1. The summed E-state index contributed by atoms with van der Waals surface area (Å²) in [4.78, 5) is 22.8. The van der Waals surface area contributed by atoms with Gasteiger partial charge in [-0.3, -0.25) is 0 Å². The molecule has 2 amide bonds. The molecule has 0 radical (unpaired) electrons. The molecular weight excluding hydrogens is 264 g/mol. The number of carbonyl (C=O) groups excluding carboxylic acids is 1. The summed E-state index contributed by atoms with van der Waals surface area (Å²) < 4.78 is 0. The zero-order valence-electron chi connectivity index (χ0n) is 11.4. The summed E-state index contributed by atoms with van der Waals surface area (Å²) in [5, 5.41) is 18.2. The average Bonchev–Trinajstić information content (AvgIpc) is 2.77. The van der Waals surface area contributed by atoms with Gasteiger partial charge in [0, 0.05) is 6.54 Å². The van der Waals surface area contributed by atoms with Gasteiger partial charge in [-0.1, -0.05) is 20.3 Å². The molecule has 19 heavy (non-hydrogen) atoms. The molecule has 0 bridgehead atoms. The van der Waals surface area contributed by atoms with E-state index < -0.39 is 18.0 Å². The minimum absolute atomic E-state index is 0.105. The van der Waals surface area contributed by atoms with Crippen LogP contribution in [0.15, 0.2) is 10.8 Å². The van der Waals surface area contributed by atoms with Gasteiger partial charge >= 0.3 is 12.0 Å². The lowest BCUT2D eigenvalue weighted by Gasteiger charge is -2.20. The summed E-state index contributed by atoms with van der Waals surface area (Å²) in [7, 11) is 0. The number of carbonyl (C=O) groups is 2. The first-order valence-electron chi connectivity index (χ1n) is 6.24. The number of aliphatic carboxylic acids is 1. The Kier molecular flexibility index (Phi) is 5.82. The van der Waals surface area contributed by atoms with Crippen LogP contribution in [0.3, 0.4) is 0 Å². The van der Waals surface area contributed by atoms with Crippen LogP contribution < -0.4 is 10.6 Å². The van der Waals surface area contributed by atoms with E-state index in [0.717, 1.165) is 11.1 Å². The first-order chi connectivity index (χ1) is 8.95. The molecule has 0 fully saturated rings. The Morgan fingerprint density at radius 2 is 2.11 bits per heavy atom. The van der Waals surface area contributed by atoms with Crippen molar-refractivity contribution in [2.45, 2.75) is 39.8 Å². The number of thiophene rings is 1. The highest BCUT2D eigenvalue weighted by molar-refractivity contribution is 7.08.